The molecular formula is C22H33NO4. The summed E-state index contributed by atoms with van der Waals surface area (Å²) in [5.41, 5.74) is -0.0521. The molecule has 2 unspecified atom stereocenters. The number of quaternary nitrogens is 1. The number of rotatable bonds is 1. The van der Waals surface area contributed by atoms with E-state index in [1.165, 1.54) is 0 Å². The molecule has 0 aromatic heterocycles. The summed E-state index contributed by atoms with van der Waals surface area (Å²) in [7, 11) is 0. The van der Waals surface area contributed by atoms with Gasteiger partial charge in [-0.3, -0.25) is 0 Å². The average molecular weight is 376 g/mol. The van der Waals surface area contributed by atoms with E-state index < -0.39 is 23.7 Å². The minimum absolute atomic E-state index is 0.0344. The van der Waals surface area contributed by atoms with Crippen molar-refractivity contribution in [2.45, 2.75) is 70.3 Å². The van der Waals surface area contributed by atoms with Gasteiger partial charge in [0.05, 0.1) is 36.8 Å². The Hall–Kier alpha value is -0.460. The molecule has 6 aliphatic rings. The highest BCUT2D eigenvalue weighted by Gasteiger charge is 2.88. The number of hydroxylamine groups is 3. The lowest BCUT2D eigenvalue weighted by atomic mass is 9.43. The molecular weight excluding hydrogens is 342 g/mol. The summed E-state index contributed by atoms with van der Waals surface area (Å²) >= 11 is 0. The fourth-order valence-corrected chi connectivity index (χ4v) is 10.3. The molecule has 1 saturated heterocycles. The first kappa shape index (κ1) is 17.4. The molecule has 1 aliphatic heterocycles. The van der Waals surface area contributed by atoms with Crippen molar-refractivity contribution in [3.8, 4) is 0 Å². The topological polar surface area (TPSA) is 83.8 Å². The molecule has 5 heteroatoms. The van der Waals surface area contributed by atoms with Crippen molar-refractivity contribution in [2.75, 3.05) is 13.1 Å². The molecule has 27 heavy (non-hydrogen) atoms. The van der Waals surface area contributed by atoms with Crippen molar-refractivity contribution in [3.05, 3.63) is 17.4 Å². The van der Waals surface area contributed by atoms with E-state index in [1.54, 1.807) is 0 Å². The number of hydrogen-bond acceptors (Lipinski definition) is 4. The van der Waals surface area contributed by atoms with Gasteiger partial charge in [0.2, 0.25) is 0 Å². The number of piperidine rings is 1. The Morgan fingerprint density at radius 3 is 2.67 bits per heavy atom. The van der Waals surface area contributed by atoms with Crippen LogP contribution in [0.4, 0.5) is 0 Å². The predicted molar refractivity (Wildman–Crippen MR) is 100 cm³/mol. The van der Waals surface area contributed by atoms with E-state index in [0.717, 1.165) is 31.3 Å². The molecule has 0 amide bonds. The van der Waals surface area contributed by atoms with Crippen LogP contribution in [0.5, 0.6) is 0 Å². The fraction of sp³-hybridized carbons (Fsp3) is 0.909. The van der Waals surface area contributed by atoms with E-state index in [2.05, 4.69) is 13.5 Å². The van der Waals surface area contributed by atoms with Gasteiger partial charge < -0.3 is 25.2 Å². The van der Waals surface area contributed by atoms with Gasteiger partial charge in [-0.15, -0.1) is 0 Å². The summed E-state index contributed by atoms with van der Waals surface area (Å²) < 4.78 is -0.215. The van der Waals surface area contributed by atoms with E-state index in [0.29, 0.717) is 25.4 Å². The maximum Gasteiger partial charge on any atom is 0.101 e. The first-order chi connectivity index (χ1) is 12.7. The van der Waals surface area contributed by atoms with Crippen LogP contribution in [0.3, 0.4) is 0 Å². The predicted octanol–water partition coefficient (Wildman–Crippen LogP) is 1.80. The smallest absolute Gasteiger partial charge is 0.101 e. The van der Waals surface area contributed by atoms with Crippen LogP contribution in [0.2, 0.25) is 0 Å². The second-order valence-corrected chi connectivity index (χ2v) is 11.2. The second kappa shape index (κ2) is 4.65. The van der Waals surface area contributed by atoms with Crippen molar-refractivity contribution in [1.82, 2.24) is 0 Å². The first-order valence-corrected chi connectivity index (χ1v) is 11.0. The summed E-state index contributed by atoms with van der Waals surface area (Å²) in [4.78, 5) is 0. The Morgan fingerprint density at radius 2 is 1.96 bits per heavy atom. The van der Waals surface area contributed by atoms with Gasteiger partial charge in [-0.1, -0.05) is 13.5 Å². The Labute approximate surface area is 161 Å². The number of aliphatic hydroxyl groups excluding tert-OH is 3. The molecule has 7 bridgehead atoms. The van der Waals surface area contributed by atoms with E-state index in [-0.39, 0.29) is 39.3 Å². The third-order valence-electron chi connectivity index (χ3n) is 10.9. The summed E-state index contributed by atoms with van der Waals surface area (Å²) in [6, 6.07) is -0.132. The zero-order valence-electron chi connectivity index (χ0n) is 16.5. The van der Waals surface area contributed by atoms with Crippen molar-refractivity contribution in [1.29, 1.82) is 0 Å². The molecule has 0 radical (unpaired) electrons. The van der Waals surface area contributed by atoms with E-state index in [4.69, 9.17) is 0 Å². The van der Waals surface area contributed by atoms with Crippen molar-refractivity contribution < 1.29 is 20.0 Å². The second-order valence-electron chi connectivity index (χ2n) is 11.2. The number of fused-ring (bicyclic) bond motifs is 1. The standard InChI is InChI=1S/C22H33NO4/c1-4-23(27)10-20(3)6-5-17(25)22-15(20)7-13(18(22)23)21-9-12(11(2)19(21)26)14(24)8-16(21)22/h12-19,24-26H,2,4-10H2,1,3H3/t12-,13-,14-,15+,16+,17-,18?,19+,20-,21-,22-,23?/m0/s1. The minimum atomic E-state index is -0.638. The van der Waals surface area contributed by atoms with Crippen LogP contribution in [0.15, 0.2) is 12.2 Å². The van der Waals surface area contributed by atoms with Crippen LogP contribution >= 0.6 is 0 Å². The largest absolute Gasteiger partial charge is 0.633 e. The highest BCUT2D eigenvalue weighted by molar-refractivity contribution is 5.38. The Kier molecular flexibility index (Phi) is 2.99. The minimum Gasteiger partial charge on any atom is -0.633 e. The maximum atomic E-state index is 14.2. The molecule has 2 spiro atoms. The highest BCUT2D eigenvalue weighted by Crippen LogP contribution is 2.84. The van der Waals surface area contributed by atoms with Gasteiger partial charge in [-0.2, -0.15) is 0 Å². The molecule has 5 nitrogen and oxygen atoms in total. The number of likely N-dealkylation sites (tertiary alicyclic amines) is 1. The van der Waals surface area contributed by atoms with Gasteiger partial charge in [-0.25, -0.2) is 0 Å². The Morgan fingerprint density at radius 1 is 1.22 bits per heavy atom. The van der Waals surface area contributed by atoms with Gasteiger partial charge in [0.1, 0.15) is 6.04 Å². The average Bonchev–Trinajstić information content (AvgIpc) is 3.17. The maximum absolute atomic E-state index is 14.2. The zero-order valence-corrected chi connectivity index (χ0v) is 16.5. The summed E-state index contributed by atoms with van der Waals surface area (Å²) in [6.07, 6.45) is 2.37. The quantitative estimate of drug-likeness (QED) is 0.371. The van der Waals surface area contributed by atoms with Crippen LogP contribution < -0.4 is 0 Å². The molecule has 6 rings (SSSR count). The number of nitrogens with zero attached hydrogens (tertiary/aromatic N) is 1. The van der Waals surface area contributed by atoms with Crippen LogP contribution in [0.1, 0.15) is 46.0 Å². The lowest BCUT2D eigenvalue weighted by Gasteiger charge is -2.68. The van der Waals surface area contributed by atoms with Crippen LogP contribution in [0, 0.1) is 45.1 Å². The summed E-state index contributed by atoms with van der Waals surface area (Å²) in [5, 5.41) is 48.0. The monoisotopic (exact) mass is 375 g/mol. The molecule has 3 N–H and O–H groups in total. The lowest BCUT2D eigenvalue weighted by molar-refractivity contribution is -0.927. The van der Waals surface area contributed by atoms with Crippen LogP contribution in [0.25, 0.3) is 0 Å². The number of hydrogen-bond donors (Lipinski definition) is 3. The Balaban J connectivity index is 1.63. The molecule has 5 saturated carbocycles. The summed E-state index contributed by atoms with van der Waals surface area (Å²) in [5.74, 6) is 0.473. The molecule has 1 heterocycles. The fourth-order valence-electron chi connectivity index (χ4n) is 10.3. The summed E-state index contributed by atoms with van der Waals surface area (Å²) in [6.45, 7) is 9.62. The third-order valence-corrected chi connectivity index (χ3v) is 10.9. The molecule has 12 atom stereocenters. The molecule has 150 valence electrons. The van der Waals surface area contributed by atoms with Crippen LogP contribution in [-0.2, 0) is 0 Å². The van der Waals surface area contributed by atoms with E-state index in [1.807, 2.05) is 6.92 Å². The zero-order chi connectivity index (χ0) is 19.1. The van der Waals surface area contributed by atoms with Gasteiger partial charge in [0.15, 0.2) is 0 Å². The number of aliphatic hydroxyl groups is 3. The van der Waals surface area contributed by atoms with E-state index >= 15 is 0 Å². The SMILES string of the molecule is C=C1[C@@H](O)[C@]23C[C@@H]1[C@@H](O)C[C@H]2[C@@]12C4[C@@H]3C[C@@H]1[C@@](C)(CC[C@@H]2O)C[N+]4([O-])CC. The van der Waals surface area contributed by atoms with Crippen molar-refractivity contribution in [2.24, 2.45) is 39.9 Å². The van der Waals surface area contributed by atoms with Gasteiger partial charge in [0, 0.05) is 22.7 Å². The van der Waals surface area contributed by atoms with E-state index in [9.17, 15) is 20.5 Å². The molecule has 6 fully saturated rings. The lowest BCUT2D eigenvalue weighted by Crippen LogP contribution is -2.73. The highest BCUT2D eigenvalue weighted by atomic mass is 16.5. The van der Waals surface area contributed by atoms with Gasteiger partial charge in [-0.05, 0) is 56.4 Å². The molecule has 0 aromatic carbocycles. The van der Waals surface area contributed by atoms with Crippen molar-refractivity contribution in [3.63, 3.8) is 0 Å². The van der Waals surface area contributed by atoms with Crippen LogP contribution in [-0.4, -0.2) is 57.4 Å². The molecule has 0 aromatic rings. The normalized spacial score (nSPS) is 68.3. The van der Waals surface area contributed by atoms with Gasteiger partial charge >= 0.3 is 0 Å². The van der Waals surface area contributed by atoms with Crippen molar-refractivity contribution >= 4 is 0 Å². The Bertz CT molecular complexity index is 742. The molecule has 5 aliphatic carbocycles. The van der Waals surface area contributed by atoms with Gasteiger partial charge in [0.25, 0.3) is 0 Å². The first-order valence-electron chi connectivity index (χ1n) is 11.0. The third kappa shape index (κ3) is 1.49.